The molecule has 2 rings (SSSR count). The van der Waals surface area contributed by atoms with Crippen molar-refractivity contribution in [2.45, 2.75) is 6.92 Å². The van der Waals surface area contributed by atoms with Crippen LogP contribution in [0.5, 0.6) is 0 Å². The van der Waals surface area contributed by atoms with E-state index in [9.17, 15) is 5.21 Å². The Morgan fingerprint density at radius 3 is 2.33 bits per heavy atom. The van der Waals surface area contributed by atoms with Crippen molar-refractivity contribution in [3.05, 3.63) is 71.3 Å². The summed E-state index contributed by atoms with van der Waals surface area (Å²) in [6.07, 6.45) is 0. The highest BCUT2D eigenvalue weighted by Crippen LogP contribution is 2.14. The molecule has 0 aliphatic rings. The molecule has 2 aromatic carbocycles. The molecule has 2 aromatic rings. The number of nitrogens with zero attached hydrogens (tertiary/aromatic N) is 1. The second-order valence-electron chi connectivity index (χ2n) is 3.74. The van der Waals surface area contributed by atoms with Gasteiger partial charge in [-0.15, -0.1) is 5.92 Å². The molecular formula is C16H13NO. The van der Waals surface area contributed by atoms with E-state index >= 15 is 0 Å². The molecule has 0 aliphatic heterocycles. The third-order valence-electron chi connectivity index (χ3n) is 2.59. The lowest BCUT2D eigenvalue weighted by molar-refractivity contribution is 0.319. The predicted molar refractivity (Wildman–Crippen MR) is 72.9 cm³/mol. The van der Waals surface area contributed by atoms with Crippen molar-refractivity contribution in [2.24, 2.45) is 5.16 Å². The zero-order valence-corrected chi connectivity index (χ0v) is 10.1. The summed E-state index contributed by atoms with van der Waals surface area (Å²) >= 11 is 0. The van der Waals surface area contributed by atoms with E-state index in [0.717, 1.165) is 16.7 Å². The molecule has 0 spiro atoms. The van der Waals surface area contributed by atoms with Crippen LogP contribution in [0, 0.1) is 11.8 Å². The first-order chi connectivity index (χ1) is 8.86. The molecule has 0 bridgehead atoms. The summed E-state index contributed by atoms with van der Waals surface area (Å²) in [5.74, 6) is 5.89. The number of hydrogen-bond donors (Lipinski definition) is 1. The van der Waals surface area contributed by atoms with Crippen LogP contribution in [0.3, 0.4) is 0 Å². The minimum absolute atomic E-state index is 0.536. The maximum atomic E-state index is 9.27. The number of hydrogen-bond acceptors (Lipinski definition) is 2. The maximum absolute atomic E-state index is 9.27. The smallest absolute Gasteiger partial charge is 0.118 e. The Balaban J connectivity index is 2.56. The third kappa shape index (κ3) is 2.41. The molecule has 0 aliphatic carbocycles. The lowest BCUT2D eigenvalue weighted by atomic mass is 9.98. The zero-order valence-electron chi connectivity index (χ0n) is 10.1. The Morgan fingerprint density at radius 2 is 1.67 bits per heavy atom. The van der Waals surface area contributed by atoms with Crippen LogP contribution in [0.2, 0.25) is 0 Å². The SMILES string of the molecule is CC#Cc1ccccc1/C(=N\O)c1ccccc1. The van der Waals surface area contributed by atoms with E-state index in [0.29, 0.717) is 5.71 Å². The molecule has 0 heterocycles. The van der Waals surface area contributed by atoms with Gasteiger partial charge in [-0.3, -0.25) is 0 Å². The van der Waals surface area contributed by atoms with Gasteiger partial charge in [-0.1, -0.05) is 59.6 Å². The fraction of sp³-hybridized carbons (Fsp3) is 0.0625. The van der Waals surface area contributed by atoms with Crippen LogP contribution in [-0.4, -0.2) is 10.9 Å². The van der Waals surface area contributed by atoms with Crippen LogP contribution < -0.4 is 0 Å². The van der Waals surface area contributed by atoms with Crippen molar-refractivity contribution < 1.29 is 5.21 Å². The monoisotopic (exact) mass is 235 g/mol. The topological polar surface area (TPSA) is 32.6 Å². The molecule has 1 N–H and O–H groups in total. The van der Waals surface area contributed by atoms with Gasteiger partial charge < -0.3 is 5.21 Å². The molecule has 0 amide bonds. The molecule has 2 heteroatoms. The van der Waals surface area contributed by atoms with Gasteiger partial charge in [0.1, 0.15) is 5.71 Å². The van der Waals surface area contributed by atoms with E-state index in [4.69, 9.17) is 0 Å². The van der Waals surface area contributed by atoms with E-state index < -0.39 is 0 Å². The molecule has 2 nitrogen and oxygen atoms in total. The van der Waals surface area contributed by atoms with Crippen molar-refractivity contribution >= 4 is 5.71 Å². The minimum Gasteiger partial charge on any atom is -0.410 e. The Hall–Kier alpha value is -2.53. The number of oxime groups is 1. The van der Waals surface area contributed by atoms with E-state index in [2.05, 4.69) is 17.0 Å². The van der Waals surface area contributed by atoms with E-state index in [-0.39, 0.29) is 0 Å². The summed E-state index contributed by atoms with van der Waals surface area (Å²) in [7, 11) is 0. The van der Waals surface area contributed by atoms with Gasteiger partial charge in [0, 0.05) is 16.7 Å². The molecule has 0 unspecified atom stereocenters. The summed E-state index contributed by atoms with van der Waals surface area (Å²) in [4.78, 5) is 0. The van der Waals surface area contributed by atoms with Crippen LogP contribution in [0.25, 0.3) is 0 Å². The van der Waals surface area contributed by atoms with Gasteiger partial charge >= 0.3 is 0 Å². The van der Waals surface area contributed by atoms with Gasteiger partial charge in [-0.2, -0.15) is 0 Å². The Kier molecular flexibility index (Phi) is 3.78. The first kappa shape index (κ1) is 11.9. The van der Waals surface area contributed by atoms with Crippen molar-refractivity contribution in [2.75, 3.05) is 0 Å². The highest BCUT2D eigenvalue weighted by molar-refractivity contribution is 6.13. The van der Waals surface area contributed by atoms with Crippen molar-refractivity contribution in [3.63, 3.8) is 0 Å². The van der Waals surface area contributed by atoms with Gasteiger partial charge in [0.2, 0.25) is 0 Å². The molecule has 0 fully saturated rings. The first-order valence-electron chi connectivity index (χ1n) is 5.66. The standard InChI is InChI=1S/C16H13NO/c1-2-8-13-9-6-7-12-15(13)16(17-18)14-10-4-3-5-11-14/h3-7,9-12,18H,1H3/b17-16-. The second kappa shape index (κ2) is 5.70. The zero-order chi connectivity index (χ0) is 12.8. The summed E-state index contributed by atoms with van der Waals surface area (Å²) in [6.45, 7) is 1.79. The molecule has 0 radical (unpaired) electrons. The Morgan fingerprint density at radius 1 is 1.00 bits per heavy atom. The average molecular weight is 235 g/mol. The van der Waals surface area contributed by atoms with Crippen LogP contribution in [0.1, 0.15) is 23.6 Å². The average Bonchev–Trinajstić information content (AvgIpc) is 2.43. The van der Waals surface area contributed by atoms with Crippen molar-refractivity contribution in [1.29, 1.82) is 0 Å². The number of benzene rings is 2. The highest BCUT2D eigenvalue weighted by Gasteiger charge is 2.10. The molecule has 0 saturated heterocycles. The first-order valence-corrected chi connectivity index (χ1v) is 5.66. The van der Waals surface area contributed by atoms with Crippen molar-refractivity contribution in [1.82, 2.24) is 0 Å². The second-order valence-corrected chi connectivity index (χ2v) is 3.74. The predicted octanol–water partition coefficient (Wildman–Crippen LogP) is 3.28. The lowest BCUT2D eigenvalue weighted by Gasteiger charge is -2.07. The summed E-state index contributed by atoms with van der Waals surface area (Å²) in [5, 5.41) is 12.7. The van der Waals surface area contributed by atoms with E-state index in [1.807, 2.05) is 54.6 Å². The van der Waals surface area contributed by atoms with Crippen LogP contribution in [-0.2, 0) is 0 Å². The fourth-order valence-corrected chi connectivity index (χ4v) is 1.80. The van der Waals surface area contributed by atoms with Gasteiger partial charge in [-0.05, 0) is 13.0 Å². The number of rotatable bonds is 2. The van der Waals surface area contributed by atoms with E-state index in [1.165, 1.54) is 0 Å². The molecule has 0 saturated carbocycles. The maximum Gasteiger partial charge on any atom is 0.118 e. The Labute approximate surface area is 107 Å². The normalized spacial score (nSPS) is 10.6. The molecule has 18 heavy (non-hydrogen) atoms. The highest BCUT2D eigenvalue weighted by atomic mass is 16.4. The fourth-order valence-electron chi connectivity index (χ4n) is 1.80. The largest absolute Gasteiger partial charge is 0.410 e. The summed E-state index contributed by atoms with van der Waals surface area (Å²) in [5.41, 5.74) is 3.09. The summed E-state index contributed by atoms with van der Waals surface area (Å²) in [6, 6.07) is 17.2. The van der Waals surface area contributed by atoms with Crippen molar-refractivity contribution in [3.8, 4) is 11.8 Å². The minimum atomic E-state index is 0.536. The molecule has 0 aromatic heterocycles. The van der Waals surface area contributed by atoms with Gasteiger partial charge in [0.05, 0.1) is 0 Å². The van der Waals surface area contributed by atoms with Gasteiger partial charge in [0.15, 0.2) is 0 Å². The van der Waals surface area contributed by atoms with Crippen LogP contribution in [0.15, 0.2) is 59.8 Å². The Bertz CT molecular complexity index is 618. The molecule has 0 atom stereocenters. The van der Waals surface area contributed by atoms with Gasteiger partial charge in [-0.25, -0.2) is 0 Å². The lowest BCUT2D eigenvalue weighted by Crippen LogP contribution is -2.05. The van der Waals surface area contributed by atoms with E-state index in [1.54, 1.807) is 6.92 Å². The molecule has 88 valence electrons. The molecular weight excluding hydrogens is 222 g/mol. The third-order valence-corrected chi connectivity index (χ3v) is 2.59. The summed E-state index contributed by atoms with van der Waals surface area (Å²) < 4.78 is 0. The quantitative estimate of drug-likeness (QED) is 0.368. The van der Waals surface area contributed by atoms with Crippen LogP contribution in [0.4, 0.5) is 0 Å². The van der Waals surface area contributed by atoms with Crippen LogP contribution >= 0.6 is 0 Å². The van der Waals surface area contributed by atoms with Gasteiger partial charge in [0.25, 0.3) is 0 Å².